The summed E-state index contributed by atoms with van der Waals surface area (Å²) >= 11 is 6.00. The van der Waals surface area contributed by atoms with Crippen molar-refractivity contribution in [3.63, 3.8) is 0 Å². The van der Waals surface area contributed by atoms with Crippen LogP contribution in [0.15, 0.2) is 24.3 Å². The molecule has 0 atom stereocenters. The van der Waals surface area contributed by atoms with Gasteiger partial charge in [-0.25, -0.2) is 0 Å². The highest BCUT2D eigenvalue weighted by Gasteiger charge is 2.13. The molecular weight excluding hydrogens is 276 g/mol. The molecule has 3 N–H and O–H groups in total. The number of carbonyl (C=O) groups is 1. The summed E-state index contributed by atoms with van der Waals surface area (Å²) in [6.45, 7) is 4.35. The van der Waals surface area contributed by atoms with Crippen LogP contribution in [0.3, 0.4) is 0 Å². The van der Waals surface area contributed by atoms with Crippen LogP contribution in [0.5, 0.6) is 0 Å². The minimum atomic E-state index is -0.174. The van der Waals surface area contributed by atoms with E-state index in [4.69, 9.17) is 17.3 Å². The van der Waals surface area contributed by atoms with Crippen molar-refractivity contribution in [2.75, 3.05) is 5.32 Å². The molecule has 0 saturated carbocycles. The van der Waals surface area contributed by atoms with E-state index < -0.39 is 0 Å². The van der Waals surface area contributed by atoms with Crippen molar-refractivity contribution in [2.45, 2.75) is 26.9 Å². The summed E-state index contributed by atoms with van der Waals surface area (Å²) in [4.78, 5) is 12.0. The van der Waals surface area contributed by atoms with Crippen LogP contribution in [0.25, 0.3) is 0 Å². The second kappa shape index (κ2) is 6.07. The number of rotatable bonds is 4. The molecule has 20 heavy (non-hydrogen) atoms. The molecule has 1 amide bonds. The Bertz CT molecular complexity index is 636. The number of anilines is 1. The zero-order valence-electron chi connectivity index (χ0n) is 11.5. The number of halogens is 1. The van der Waals surface area contributed by atoms with Gasteiger partial charge in [0.15, 0.2) is 0 Å². The predicted molar refractivity (Wildman–Crippen MR) is 79.7 cm³/mol. The maximum Gasteiger partial charge on any atom is 0.246 e. The van der Waals surface area contributed by atoms with E-state index in [1.54, 1.807) is 16.8 Å². The topological polar surface area (TPSA) is 72.9 Å². The third kappa shape index (κ3) is 3.00. The molecule has 0 aliphatic heterocycles. The molecule has 5 nitrogen and oxygen atoms in total. The second-order valence-electron chi connectivity index (χ2n) is 4.54. The molecule has 0 radical (unpaired) electrons. The van der Waals surface area contributed by atoms with Crippen molar-refractivity contribution < 1.29 is 4.79 Å². The van der Waals surface area contributed by atoms with Gasteiger partial charge in [0.1, 0.15) is 6.54 Å². The van der Waals surface area contributed by atoms with E-state index in [2.05, 4.69) is 10.4 Å². The number of nitrogens with one attached hydrogen (secondary N) is 1. The molecule has 2 aromatic rings. The number of carbonyl (C=O) groups excluding carboxylic acids is 1. The Morgan fingerprint density at radius 3 is 2.70 bits per heavy atom. The highest BCUT2D eigenvalue weighted by atomic mass is 35.5. The van der Waals surface area contributed by atoms with E-state index >= 15 is 0 Å². The Kier molecular flexibility index (Phi) is 4.42. The minimum Gasteiger partial charge on any atom is -0.326 e. The Labute approximate surface area is 122 Å². The summed E-state index contributed by atoms with van der Waals surface area (Å²) < 4.78 is 1.66. The number of hydrogen-bond acceptors (Lipinski definition) is 3. The van der Waals surface area contributed by atoms with Gasteiger partial charge in [0, 0.05) is 17.8 Å². The Morgan fingerprint density at radius 1 is 1.40 bits per heavy atom. The molecule has 1 heterocycles. The van der Waals surface area contributed by atoms with Gasteiger partial charge in [-0.1, -0.05) is 23.7 Å². The maximum atomic E-state index is 12.0. The van der Waals surface area contributed by atoms with Crippen molar-refractivity contribution >= 4 is 23.2 Å². The third-order valence-corrected chi connectivity index (χ3v) is 3.51. The molecule has 106 valence electrons. The van der Waals surface area contributed by atoms with Gasteiger partial charge in [0.25, 0.3) is 0 Å². The summed E-state index contributed by atoms with van der Waals surface area (Å²) in [5.41, 5.74) is 9.02. The fourth-order valence-electron chi connectivity index (χ4n) is 2.07. The average Bonchev–Trinajstić information content (AvgIpc) is 2.67. The first-order valence-corrected chi connectivity index (χ1v) is 6.68. The van der Waals surface area contributed by atoms with Gasteiger partial charge >= 0.3 is 0 Å². The molecule has 0 spiro atoms. The number of para-hydroxylation sites is 1. The Morgan fingerprint density at radius 2 is 2.10 bits per heavy atom. The number of hydrogen-bond donors (Lipinski definition) is 2. The lowest BCUT2D eigenvalue weighted by molar-refractivity contribution is -0.116. The van der Waals surface area contributed by atoms with E-state index in [9.17, 15) is 4.79 Å². The van der Waals surface area contributed by atoms with Crippen LogP contribution < -0.4 is 11.1 Å². The van der Waals surface area contributed by atoms with Gasteiger partial charge in [-0.2, -0.15) is 5.10 Å². The molecule has 0 bridgehead atoms. The lowest BCUT2D eigenvalue weighted by Crippen LogP contribution is -2.20. The fourth-order valence-corrected chi connectivity index (χ4v) is 2.25. The van der Waals surface area contributed by atoms with Gasteiger partial charge in [-0.05, 0) is 26.0 Å². The summed E-state index contributed by atoms with van der Waals surface area (Å²) in [6, 6.07) is 7.11. The van der Waals surface area contributed by atoms with Crippen LogP contribution in [0.2, 0.25) is 5.02 Å². The highest BCUT2D eigenvalue weighted by Crippen LogP contribution is 2.20. The normalized spacial score (nSPS) is 10.6. The summed E-state index contributed by atoms with van der Waals surface area (Å²) in [5, 5.41) is 7.61. The van der Waals surface area contributed by atoms with Gasteiger partial charge in [-0.15, -0.1) is 0 Å². The van der Waals surface area contributed by atoms with Gasteiger partial charge < -0.3 is 11.1 Å². The smallest absolute Gasteiger partial charge is 0.246 e. The van der Waals surface area contributed by atoms with E-state index in [1.807, 2.05) is 26.0 Å². The molecule has 2 rings (SSSR count). The summed E-state index contributed by atoms with van der Waals surface area (Å²) in [6.07, 6.45) is 0. The zero-order chi connectivity index (χ0) is 14.7. The molecule has 0 unspecified atom stereocenters. The van der Waals surface area contributed by atoms with Gasteiger partial charge in [-0.3, -0.25) is 9.48 Å². The van der Waals surface area contributed by atoms with E-state index in [0.717, 1.165) is 17.0 Å². The molecule has 0 aliphatic rings. The largest absolute Gasteiger partial charge is 0.326 e. The van der Waals surface area contributed by atoms with E-state index in [-0.39, 0.29) is 12.5 Å². The molecule has 0 aliphatic carbocycles. The molecule has 1 aromatic heterocycles. The van der Waals surface area contributed by atoms with Gasteiger partial charge in [0.2, 0.25) is 5.91 Å². The van der Waals surface area contributed by atoms with Crippen LogP contribution in [-0.2, 0) is 17.9 Å². The van der Waals surface area contributed by atoms with E-state index in [0.29, 0.717) is 17.3 Å². The standard InChI is InChI=1S/C14H17ClN4O/c1-9-11(7-16)10(2)19(18-9)8-14(20)17-13-6-4-3-5-12(13)15/h3-6H,7-8,16H2,1-2H3,(H,17,20). The fraction of sp³-hybridized carbons (Fsp3) is 0.286. The Hall–Kier alpha value is -1.85. The SMILES string of the molecule is Cc1nn(CC(=O)Nc2ccccc2Cl)c(C)c1CN. The first kappa shape index (κ1) is 14.6. The van der Waals surface area contributed by atoms with E-state index in [1.165, 1.54) is 0 Å². The van der Waals surface area contributed by atoms with Crippen molar-refractivity contribution in [1.29, 1.82) is 0 Å². The minimum absolute atomic E-state index is 0.137. The molecule has 1 aromatic carbocycles. The first-order valence-electron chi connectivity index (χ1n) is 6.30. The summed E-state index contributed by atoms with van der Waals surface area (Å²) in [5.74, 6) is -0.174. The molecular formula is C14H17ClN4O. The van der Waals surface area contributed by atoms with Crippen LogP contribution in [0.4, 0.5) is 5.69 Å². The first-order chi connectivity index (χ1) is 9.52. The number of nitrogens with zero attached hydrogens (tertiary/aromatic N) is 2. The average molecular weight is 293 g/mol. The van der Waals surface area contributed by atoms with Crippen LogP contribution in [0, 0.1) is 13.8 Å². The lowest BCUT2D eigenvalue weighted by atomic mass is 10.2. The van der Waals surface area contributed by atoms with Crippen molar-refractivity contribution in [2.24, 2.45) is 5.73 Å². The van der Waals surface area contributed by atoms with Crippen LogP contribution >= 0.6 is 11.6 Å². The quantitative estimate of drug-likeness (QED) is 0.908. The summed E-state index contributed by atoms with van der Waals surface area (Å²) in [7, 11) is 0. The monoisotopic (exact) mass is 292 g/mol. The number of nitrogens with two attached hydrogens (primary N) is 1. The number of aromatic nitrogens is 2. The van der Waals surface area contributed by atoms with Crippen molar-refractivity contribution in [3.05, 3.63) is 46.2 Å². The lowest BCUT2D eigenvalue weighted by Gasteiger charge is -2.08. The Balaban J connectivity index is 2.11. The van der Waals surface area contributed by atoms with Gasteiger partial charge in [0.05, 0.1) is 16.4 Å². The predicted octanol–water partition coefficient (Wildman–Crippen LogP) is 2.25. The van der Waals surface area contributed by atoms with Crippen LogP contribution in [-0.4, -0.2) is 15.7 Å². The zero-order valence-corrected chi connectivity index (χ0v) is 12.2. The third-order valence-electron chi connectivity index (χ3n) is 3.18. The van der Waals surface area contributed by atoms with Crippen LogP contribution in [0.1, 0.15) is 17.0 Å². The number of amides is 1. The molecule has 0 fully saturated rings. The number of benzene rings is 1. The second-order valence-corrected chi connectivity index (χ2v) is 4.95. The number of aryl methyl sites for hydroxylation is 1. The maximum absolute atomic E-state index is 12.0. The van der Waals surface area contributed by atoms with Crippen molar-refractivity contribution in [3.8, 4) is 0 Å². The van der Waals surface area contributed by atoms with Crippen molar-refractivity contribution in [1.82, 2.24) is 9.78 Å². The highest BCUT2D eigenvalue weighted by molar-refractivity contribution is 6.33. The molecule has 6 heteroatoms. The molecule has 0 saturated heterocycles.